The van der Waals surface area contributed by atoms with Gasteiger partial charge in [0.15, 0.2) is 0 Å². The highest BCUT2D eigenvalue weighted by Crippen LogP contribution is 2.21. The lowest BCUT2D eigenvalue weighted by molar-refractivity contribution is 0.102. The topological polar surface area (TPSA) is 48.1 Å². The van der Waals surface area contributed by atoms with Crippen LogP contribution in [0, 0.1) is 0 Å². The van der Waals surface area contributed by atoms with Crippen LogP contribution in [0.25, 0.3) is 10.9 Å². The molecule has 1 heterocycles. The Morgan fingerprint density at radius 1 is 1.09 bits per heavy atom. The van der Waals surface area contributed by atoms with Crippen LogP contribution in [-0.2, 0) is 0 Å². The molecule has 3 rings (SSSR count). The first kappa shape index (κ1) is 14.5. The van der Waals surface area contributed by atoms with Gasteiger partial charge < -0.3 is 15.2 Å². The van der Waals surface area contributed by atoms with Gasteiger partial charge in [-0.05, 0) is 48.5 Å². The van der Waals surface area contributed by atoms with Crippen LogP contribution >= 0.6 is 11.6 Å². The van der Waals surface area contributed by atoms with E-state index in [-0.39, 0.29) is 5.91 Å². The molecule has 4 nitrogen and oxygen atoms in total. The zero-order chi connectivity index (χ0) is 15.7. The SMILES string of the molecule is CN(C)c1ccc(NC(=O)c2cc3cc(Cl)ccc3[nH]2)cc1. The molecule has 0 fully saturated rings. The van der Waals surface area contributed by atoms with Gasteiger partial charge in [0, 0.05) is 41.4 Å². The molecule has 22 heavy (non-hydrogen) atoms. The molecule has 0 bridgehead atoms. The number of halogens is 1. The summed E-state index contributed by atoms with van der Waals surface area (Å²) in [6.07, 6.45) is 0. The molecule has 3 aromatic rings. The number of carbonyl (C=O) groups is 1. The minimum Gasteiger partial charge on any atom is -0.378 e. The van der Waals surface area contributed by atoms with Crippen LogP contribution in [0.4, 0.5) is 11.4 Å². The van der Waals surface area contributed by atoms with Crippen LogP contribution in [0.3, 0.4) is 0 Å². The van der Waals surface area contributed by atoms with E-state index in [1.54, 1.807) is 12.1 Å². The quantitative estimate of drug-likeness (QED) is 0.763. The third-order valence-corrected chi connectivity index (χ3v) is 3.70. The van der Waals surface area contributed by atoms with Gasteiger partial charge in [-0.15, -0.1) is 0 Å². The number of nitrogens with one attached hydrogen (secondary N) is 2. The fourth-order valence-electron chi connectivity index (χ4n) is 2.27. The number of nitrogens with zero attached hydrogens (tertiary/aromatic N) is 1. The lowest BCUT2D eigenvalue weighted by Crippen LogP contribution is -2.12. The molecular weight excluding hydrogens is 298 g/mol. The Hall–Kier alpha value is -2.46. The fourth-order valence-corrected chi connectivity index (χ4v) is 2.45. The van der Waals surface area contributed by atoms with Gasteiger partial charge in [-0.1, -0.05) is 11.6 Å². The number of H-pyrrole nitrogens is 1. The molecule has 0 atom stereocenters. The van der Waals surface area contributed by atoms with Crippen LogP contribution in [0.1, 0.15) is 10.5 Å². The highest BCUT2D eigenvalue weighted by atomic mass is 35.5. The van der Waals surface area contributed by atoms with E-state index in [9.17, 15) is 4.79 Å². The van der Waals surface area contributed by atoms with Gasteiger partial charge >= 0.3 is 0 Å². The van der Waals surface area contributed by atoms with E-state index in [2.05, 4.69) is 10.3 Å². The molecule has 5 heteroatoms. The van der Waals surface area contributed by atoms with Crippen molar-refractivity contribution in [1.82, 2.24) is 4.98 Å². The average Bonchev–Trinajstić information content (AvgIpc) is 2.91. The van der Waals surface area contributed by atoms with E-state index < -0.39 is 0 Å². The molecule has 112 valence electrons. The molecule has 0 radical (unpaired) electrons. The molecule has 0 unspecified atom stereocenters. The van der Waals surface area contributed by atoms with Crippen molar-refractivity contribution >= 4 is 39.8 Å². The standard InChI is InChI=1S/C17H16ClN3O/c1-21(2)14-6-4-13(5-7-14)19-17(22)16-10-11-9-12(18)3-8-15(11)20-16/h3-10,20H,1-2H3,(H,19,22). The Labute approximate surface area is 133 Å². The molecule has 0 aliphatic rings. The van der Waals surface area contributed by atoms with Gasteiger partial charge in [-0.25, -0.2) is 0 Å². The third-order valence-electron chi connectivity index (χ3n) is 3.47. The summed E-state index contributed by atoms with van der Waals surface area (Å²) < 4.78 is 0. The lowest BCUT2D eigenvalue weighted by atomic mass is 10.2. The number of aromatic nitrogens is 1. The van der Waals surface area contributed by atoms with Gasteiger partial charge in [0.1, 0.15) is 5.69 Å². The van der Waals surface area contributed by atoms with Crippen LogP contribution in [0.2, 0.25) is 5.02 Å². The summed E-state index contributed by atoms with van der Waals surface area (Å²) in [5.41, 5.74) is 3.23. The molecule has 2 aromatic carbocycles. The largest absolute Gasteiger partial charge is 0.378 e. The molecule has 1 aromatic heterocycles. The van der Waals surface area contributed by atoms with E-state index in [4.69, 9.17) is 11.6 Å². The number of hydrogen-bond acceptors (Lipinski definition) is 2. The number of hydrogen-bond donors (Lipinski definition) is 2. The Kier molecular flexibility index (Phi) is 3.77. The van der Waals surface area contributed by atoms with Crippen molar-refractivity contribution in [2.45, 2.75) is 0 Å². The maximum atomic E-state index is 12.3. The zero-order valence-electron chi connectivity index (χ0n) is 12.4. The zero-order valence-corrected chi connectivity index (χ0v) is 13.1. The maximum Gasteiger partial charge on any atom is 0.272 e. The summed E-state index contributed by atoms with van der Waals surface area (Å²) in [5, 5.41) is 4.45. The second-order valence-electron chi connectivity index (χ2n) is 5.31. The molecule has 0 saturated carbocycles. The smallest absolute Gasteiger partial charge is 0.272 e. The number of amides is 1. The minimum atomic E-state index is -0.176. The fraction of sp³-hybridized carbons (Fsp3) is 0.118. The Bertz CT molecular complexity index is 822. The molecule has 0 saturated heterocycles. The number of aromatic amines is 1. The van der Waals surface area contributed by atoms with Crippen molar-refractivity contribution in [3.05, 3.63) is 59.2 Å². The number of fused-ring (bicyclic) bond motifs is 1. The van der Waals surface area contributed by atoms with Crippen LogP contribution in [0.5, 0.6) is 0 Å². The van der Waals surface area contributed by atoms with Crippen molar-refractivity contribution in [2.24, 2.45) is 0 Å². The van der Waals surface area contributed by atoms with Crippen molar-refractivity contribution in [2.75, 3.05) is 24.3 Å². The summed E-state index contributed by atoms with van der Waals surface area (Å²) in [6, 6.07) is 15.0. The predicted octanol–water partition coefficient (Wildman–Crippen LogP) is 4.14. The average molecular weight is 314 g/mol. The van der Waals surface area contributed by atoms with Crippen molar-refractivity contribution in [3.8, 4) is 0 Å². The number of anilines is 2. The van der Waals surface area contributed by atoms with Crippen LogP contribution in [0.15, 0.2) is 48.5 Å². The minimum absolute atomic E-state index is 0.176. The number of rotatable bonds is 3. The summed E-state index contributed by atoms with van der Waals surface area (Å²) in [5.74, 6) is -0.176. The maximum absolute atomic E-state index is 12.3. The summed E-state index contributed by atoms with van der Waals surface area (Å²) in [7, 11) is 3.95. The van der Waals surface area contributed by atoms with Crippen molar-refractivity contribution < 1.29 is 4.79 Å². The highest BCUT2D eigenvalue weighted by molar-refractivity contribution is 6.31. The van der Waals surface area contributed by atoms with Gasteiger partial charge in [-0.3, -0.25) is 4.79 Å². The van der Waals surface area contributed by atoms with E-state index in [0.717, 1.165) is 22.3 Å². The second kappa shape index (κ2) is 5.73. The van der Waals surface area contributed by atoms with E-state index in [1.165, 1.54) is 0 Å². The van der Waals surface area contributed by atoms with Gasteiger partial charge in [-0.2, -0.15) is 0 Å². The third kappa shape index (κ3) is 2.92. The first-order valence-electron chi connectivity index (χ1n) is 6.90. The van der Waals surface area contributed by atoms with Gasteiger partial charge in [0.05, 0.1) is 0 Å². The van der Waals surface area contributed by atoms with E-state index >= 15 is 0 Å². The molecule has 0 aliphatic heterocycles. The molecule has 2 N–H and O–H groups in total. The summed E-state index contributed by atoms with van der Waals surface area (Å²) in [6.45, 7) is 0. The second-order valence-corrected chi connectivity index (χ2v) is 5.75. The Morgan fingerprint density at radius 3 is 2.50 bits per heavy atom. The number of carbonyl (C=O) groups excluding carboxylic acids is 1. The molecule has 1 amide bonds. The monoisotopic (exact) mass is 313 g/mol. The van der Waals surface area contributed by atoms with E-state index in [1.807, 2.05) is 55.4 Å². The lowest BCUT2D eigenvalue weighted by Gasteiger charge is -2.12. The molecular formula is C17H16ClN3O. The van der Waals surface area contributed by atoms with Crippen molar-refractivity contribution in [1.29, 1.82) is 0 Å². The summed E-state index contributed by atoms with van der Waals surface area (Å²) >= 11 is 5.96. The van der Waals surface area contributed by atoms with Gasteiger partial charge in [0.2, 0.25) is 0 Å². The van der Waals surface area contributed by atoms with Crippen molar-refractivity contribution in [3.63, 3.8) is 0 Å². The Morgan fingerprint density at radius 2 is 1.82 bits per heavy atom. The predicted molar refractivity (Wildman–Crippen MR) is 92.0 cm³/mol. The Balaban J connectivity index is 1.80. The highest BCUT2D eigenvalue weighted by Gasteiger charge is 2.10. The first-order chi connectivity index (χ1) is 10.5. The number of benzene rings is 2. The van der Waals surface area contributed by atoms with Gasteiger partial charge in [0.25, 0.3) is 5.91 Å². The van der Waals surface area contributed by atoms with Crippen LogP contribution in [-0.4, -0.2) is 25.0 Å². The first-order valence-corrected chi connectivity index (χ1v) is 7.28. The molecule has 0 spiro atoms. The normalized spacial score (nSPS) is 10.7. The summed E-state index contributed by atoms with van der Waals surface area (Å²) in [4.78, 5) is 17.4. The van der Waals surface area contributed by atoms with Crippen LogP contribution < -0.4 is 10.2 Å². The van der Waals surface area contributed by atoms with E-state index in [0.29, 0.717) is 10.7 Å². The molecule has 0 aliphatic carbocycles.